The van der Waals surface area contributed by atoms with Gasteiger partial charge >= 0.3 is 6.18 Å². The quantitative estimate of drug-likeness (QED) is 0.648. The first-order valence-electron chi connectivity index (χ1n) is 7.90. The second-order valence-corrected chi connectivity index (χ2v) is 5.65. The van der Waals surface area contributed by atoms with Gasteiger partial charge in [0.15, 0.2) is 0 Å². The largest absolute Gasteiger partial charge is 0.494 e. The van der Waals surface area contributed by atoms with Crippen LogP contribution in [0, 0.1) is 0 Å². The van der Waals surface area contributed by atoms with E-state index in [4.69, 9.17) is 9.47 Å². The van der Waals surface area contributed by atoms with Crippen LogP contribution in [0.25, 0.3) is 0 Å². The molecule has 1 saturated heterocycles. The van der Waals surface area contributed by atoms with Gasteiger partial charge in [-0.1, -0.05) is 13.8 Å². The fourth-order valence-electron chi connectivity index (χ4n) is 2.87. The fraction of sp³-hybridized carbons (Fsp3) is 0.647. The Hall–Kier alpha value is -1.23. The number of benzene rings is 1. The first-order chi connectivity index (χ1) is 10.4. The summed E-state index contributed by atoms with van der Waals surface area (Å²) >= 11 is 0. The van der Waals surface area contributed by atoms with Gasteiger partial charge < -0.3 is 9.47 Å². The lowest BCUT2D eigenvalue weighted by Crippen LogP contribution is -2.10. The molecule has 0 amide bonds. The molecular weight excluding hydrogens is 293 g/mol. The molecule has 3 atom stereocenters. The zero-order valence-corrected chi connectivity index (χ0v) is 13.2. The number of halogens is 3. The number of rotatable bonds is 7. The van der Waals surface area contributed by atoms with Gasteiger partial charge in [-0.05, 0) is 55.9 Å². The van der Waals surface area contributed by atoms with Gasteiger partial charge in [-0.2, -0.15) is 13.2 Å². The number of hydrogen-bond donors (Lipinski definition) is 0. The van der Waals surface area contributed by atoms with E-state index in [2.05, 4.69) is 6.92 Å². The Kier molecular flexibility index (Phi) is 5.37. The first kappa shape index (κ1) is 17.1. The molecule has 2 rings (SSSR count). The van der Waals surface area contributed by atoms with Crippen molar-refractivity contribution in [1.82, 2.24) is 0 Å². The average molecular weight is 316 g/mol. The van der Waals surface area contributed by atoms with Crippen LogP contribution in [-0.2, 0) is 10.9 Å². The molecule has 5 heteroatoms. The summed E-state index contributed by atoms with van der Waals surface area (Å²) in [5.41, 5.74) is 0.0256. The van der Waals surface area contributed by atoms with E-state index in [1.807, 2.05) is 13.8 Å². The minimum atomic E-state index is -4.33. The lowest BCUT2D eigenvalue weighted by atomic mass is 9.89. The summed E-state index contributed by atoms with van der Waals surface area (Å²) in [7, 11) is 0. The third-order valence-electron chi connectivity index (χ3n) is 4.18. The predicted molar refractivity (Wildman–Crippen MR) is 79.2 cm³/mol. The standard InChI is InChI=1S/C17H23F3O2/c1-4-11(9-16-14(5-2)22-16)13-10-12(17(18,19)20)7-8-15(13)21-6-3/h7-8,10-11,14,16H,4-6,9H2,1-3H3. The van der Waals surface area contributed by atoms with Crippen molar-refractivity contribution in [3.8, 4) is 5.75 Å². The molecule has 0 N–H and O–H groups in total. The van der Waals surface area contributed by atoms with E-state index < -0.39 is 11.7 Å². The molecule has 1 aromatic rings. The number of alkyl halides is 3. The highest BCUT2D eigenvalue weighted by molar-refractivity contribution is 5.41. The maximum absolute atomic E-state index is 13.0. The summed E-state index contributed by atoms with van der Waals surface area (Å²) in [4.78, 5) is 0. The Morgan fingerprint density at radius 3 is 2.41 bits per heavy atom. The van der Waals surface area contributed by atoms with Crippen LogP contribution in [0.5, 0.6) is 5.75 Å². The molecule has 0 aromatic heterocycles. The summed E-state index contributed by atoms with van der Waals surface area (Å²) in [5.74, 6) is 0.571. The Bertz CT molecular complexity index is 499. The zero-order chi connectivity index (χ0) is 16.3. The van der Waals surface area contributed by atoms with Crippen LogP contribution in [0.1, 0.15) is 57.1 Å². The molecule has 1 aliphatic heterocycles. The van der Waals surface area contributed by atoms with Crippen LogP contribution >= 0.6 is 0 Å². The molecule has 0 aliphatic carbocycles. The molecule has 1 heterocycles. The highest BCUT2D eigenvalue weighted by Gasteiger charge is 2.39. The highest BCUT2D eigenvalue weighted by atomic mass is 19.4. The highest BCUT2D eigenvalue weighted by Crippen LogP contribution is 2.41. The third-order valence-corrected chi connectivity index (χ3v) is 4.18. The topological polar surface area (TPSA) is 21.8 Å². The molecule has 2 nitrogen and oxygen atoms in total. The summed E-state index contributed by atoms with van der Waals surface area (Å²) in [5, 5.41) is 0. The third kappa shape index (κ3) is 3.94. The van der Waals surface area contributed by atoms with E-state index in [1.165, 1.54) is 12.1 Å². The second kappa shape index (κ2) is 6.90. The van der Waals surface area contributed by atoms with Gasteiger partial charge in [0.05, 0.1) is 24.4 Å². The molecule has 0 saturated carbocycles. The Labute approximate surface area is 129 Å². The summed E-state index contributed by atoms with van der Waals surface area (Å²) < 4.78 is 50.0. The Morgan fingerprint density at radius 2 is 1.91 bits per heavy atom. The van der Waals surface area contributed by atoms with Crippen molar-refractivity contribution in [1.29, 1.82) is 0 Å². The van der Waals surface area contributed by atoms with Crippen molar-refractivity contribution < 1.29 is 22.6 Å². The van der Waals surface area contributed by atoms with Crippen molar-refractivity contribution in [2.75, 3.05) is 6.61 Å². The van der Waals surface area contributed by atoms with Gasteiger partial charge in [-0.15, -0.1) is 0 Å². The van der Waals surface area contributed by atoms with Crippen LogP contribution in [-0.4, -0.2) is 18.8 Å². The fourth-order valence-corrected chi connectivity index (χ4v) is 2.87. The molecule has 0 spiro atoms. The molecule has 1 aliphatic rings. The summed E-state index contributed by atoms with van der Waals surface area (Å²) in [6.07, 6.45) is -1.45. The predicted octanol–water partition coefficient (Wildman–Crippen LogP) is 5.17. The molecule has 1 aromatic carbocycles. The van der Waals surface area contributed by atoms with E-state index in [9.17, 15) is 13.2 Å². The zero-order valence-electron chi connectivity index (χ0n) is 13.2. The SMILES string of the molecule is CCOc1ccc(C(F)(F)F)cc1C(CC)CC1OC1CC. The molecule has 0 bridgehead atoms. The van der Waals surface area contributed by atoms with Gasteiger partial charge in [-0.25, -0.2) is 0 Å². The van der Waals surface area contributed by atoms with E-state index >= 15 is 0 Å². The normalized spacial score (nSPS) is 22.5. The Balaban J connectivity index is 2.27. The molecule has 3 unspecified atom stereocenters. The van der Waals surface area contributed by atoms with E-state index in [1.54, 1.807) is 0 Å². The molecular formula is C17H23F3O2. The first-order valence-corrected chi connectivity index (χ1v) is 7.90. The minimum absolute atomic E-state index is 0.0189. The van der Waals surface area contributed by atoms with Crippen LogP contribution in [0.2, 0.25) is 0 Å². The van der Waals surface area contributed by atoms with Gasteiger partial charge in [-0.3, -0.25) is 0 Å². The monoisotopic (exact) mass is 316 g/mol. The summed E-state index contributed by atoms with van der Waals surface area (Å²) in [6.45, 7) is 6.32. The van der Waals surface area contributed by atoms with Crippen LogP contribution in [0.4, 0.5) is 13.2 Å². The summed E-state index contributed by atoms with van der Waals surface area (Å²) in [6, 6.07) is 3.77. The van der Waals surface area contributed by atoms with Gasteiger partial charge in [0, 0.05) is 0 Å². The van der Waals surface area contributed by atoms with Gasteiger partial charge in [0.25, 0.3) is 0 Å². The van der Waals surface area contributed by atoms with Crippen molar-refractivity contribution in [3.63, 3.8) is 0 Å². The van der Waals surface area contributed by atoms with Crippen LogP contribution in [0.15, 0.2) is 18.2 Å². The van der Waals surface area contributed by atoms with Crippen molar-refractivity contribution in [3.05, 3.63) is 29.3 Å². The minimum Gasteiger partial charge on any atom is -0.494 e. The second-order valence-electron chi connectivity index (χ2n) is 5.65. The smallest absolute Gasteiger partial charge is 0.416 e. The average Bonchev–Trinajstić information content (AvgIpc) is 3.23. The maximum atomic E-state index is 13.0. The van der Waals surface area contributed by atoms with Crippen LogP contribution < -0.4 is 4.74 Å². The molecule has 124 valence electrons. The van der Waals surface area contributed by atoms with Crippen molar-refractivity contribution in [2.45, 2.75) is 64.3 Å². The molecule has 1 fully saturated rings. The van der Waals surface area contributed by atoms with Gasteiger partial charge in [0.1, 0.15) is 5.75 Å². The van der Waals surface area contributed by atoms with E-state index in [0.717, 1.165) is 25.3 Å². The number of hydrogen-bond acceptors (Lipinski definition) is 2. The maximum Gasteiger partial charge on any atom is 0.416 e. The lowest BCUT2D eigenvalue weighted by molar-refractivity contribution is -0.137. The van der Waals surface area contributed by atoms with Gasteiger partial charge in [0.2, 0.25) is 0 Å². The molecule has 0 radical (unpaired) electrons. The van der Waals surface area contributed by atoms with Crippen molar-refractivity contribution in [2.24, 2.45) is 0 Å². The van der Waals surface area contributed by atoms with E-state index in [0.29, 0.717) is 17.9 Å². The molecule has 22 heavy (non-hydrogen) atoms. The number of epoxide rings is 1. The van der Waals surface area contributed by atoms with Crippen molar-refractivity contribution >= 4 is 0 Å². The lowest BCUT2D eigenvalue weighted by Gasteiger charge is -2.20. The van der Waals surface area contributed by atoms with Crippen LogP contribution in [0.3, 0.4) is 0 Å². The Morgan fingerprint density at radius 1 is 1.18 bits per heavy atom. The number of ether oxygens (including phenoxy) is 2. The van der Waals surface area contributed by atoms with E-state index in [-0.39, 0.29) is 18.1 Å².